The van der Waals surface area contributed by atoms with Crippen LogP contribution < -0.4 is 16.3 Å². The molecule has 0 aromatic heterocycles. The van der Waals surface area contributed by atoms with Crippen molar-refractivity contribution in [2.45, 2.75) is 0 Å². The molecule has 90 valence electrons. The van der Waals surface area contributed by atoms with Crippen molar-refractivity contribution in [1.82, 2.24) is 0 Å². The van der Waals surface area contributed by atoms with Gasteiger partial charge in [-0.2, -0.15) is 0 Å². The quantitative estimate of drug-likeness (QED) is 0.674. The molecule has 0 aliphatic heterocycles. The van der Waals surface area contributed by atoms with Crippen molar-refractivity contribution in [2.75, 3.05) is 12.7 Å². The first-order valence-corrected chi connectivity index (χ1v) is 7.02. The first-order valence-electron chi connectivity index (χ1n) is 5.49. The van der Waals surface area contributed by atoms with E-state index < -0.39 is 0 Å². The number of benzene rings is 2. The molecule has 0 fully saturated rings. The molecule has 0 aliphatic rings. The molecule has 0 atom stereocenters. The fraction of sp³-hybridized carbons (Fsp3) is 0.143. The maximum Gasteiger partial charge on any atom is 0 e. The molecule has 0 amide bonds. The summed E-state index contributed by atoms with van der Waals surface area (Å²) >= 11 is 0. The van der Waals surface area contributed by atoms with E-state index in [9.17, 15) is 0 Å². The van der Waals surface area contributed by atoms with E-state index in [-0.39, 0.29) is 27.4 Å². The maximum absolute atomic E-state index is 5.72. The van der Waals surface area contributed by atoms with Gasteiger partial charge in [-0.15, -0.1) is 0 Å². The molecular weight excluding hydrogens is 314 g/mol. The molecule has 3 heteroatoms. The molecule has 0 bridgehead atoms. The third kappa shape index (κ3) is 4.00. The molecule has 0 saturated carbocycles. The summed E-state index contributed by atoms with van der Waals surface area (Å²) in [6.07, 6.45) is 1.06. The Kier molecular flexibility index (Phi) is 6.59. The van der Waals surface area contributed by atoms with Gasteiger partial charge in [0.2, 0.25) is 0 Å². The Labute approximate surface area is 117 Å². The fourth-order valence-electron chi connectivity index (χ4n) is 1.75. The van der Waals surface area contributed by atoms with Crippen LogP contribution in [0, 0.1) is 0 Å². The average Bonchev–Trinajstić information content (AvgIpc) is 2.38. The van der Waals surface area contributed by atoms with Gasteiger partial charge in [-0.05, 0) is 31.2 Å². The molecule has 0 spiro atoms. The second kappa shape index (κ2) is 7.72. The Hall–Kier alpha value is -0.547. The standard InChI is InChI=1S/C14H16NP.Ru/c15-11-12-16(13-7-3-1-4-8-13)14-9-5-2-6-10-14;/h1-10H,11-12,15H2;. The van der Waals surface area contributed by atoms with E-state index in [1.165, 1.54) is 10.6 Å². The summed E-state index contributed by atoms with van der Waals surface area (Å²) in [7, 11) is -0.276. The molecule has 1 nitrogen and oxygen atoms in total. The minimum absolute atomic E-state index is 0. The van der Waals surface area contributed by atoms with E-state index in [0.717, 1.165) is 12.7 Å². The van der Waals surface area contributed by atoms with Gasteiger partial charge in [-0.25, -0.2) is 0 Å². The summed E-state index contributed by atoms with van der Waals surface area (Å²) in [5.41, 5.74) is 5.72. The second-order valence-corrected chi connectivity index (χ2v) is 5.95. The van der Waals surface area contributed by atoms with Crippen molar-refractivity contribution in [3.8, 4) is 0 Å². The first-order chi connectivity index (χ1) is 7.92. The van der Waals surface area contributed by atoms with Gasteiger partial charge in [0.05, 0.1) is 0 Å². The van der Waals surface area contributed by atoms with Crippen molar-refractivity contribution in [2.24, 2.45) is 5.73 Å². The average molecular weight is 330 g/mol. The van der Waals surface area contributed by atoms with Gasteiger partial charge >= 0.3 is 0 Å². The summed E-state index contributed by atoms with van der Waals surface area (Å²) in [6, 6.07) is 21.3. The molecule has 0 saturated heterocycles. The zero-order valence-corrected chi connectivity index (χ0v) is 12.2. The molecule has 0 radical (unpaired) electrons. The predicted octanol–water partition coefficient (Wildman–Crippen LogP) is 2.08. The topological polar surface area (TPSA) is 26.0 Å². The zero-order chi connectivity index (χ0) is 11.2. The molecule has 0 heterocycles. The van der Waals surface area contributed by atoms with Gasteiger partial charge in [0.25, 0.3) is 0 Å². The van der Waals surface area contributed by atoms with Crippen molar-refractivity contribution >= 4 is 18.5 Å². The van der Waals surface area contributed by atoms with Gasteiger partial charge in [-0.1, -0.05) is 60.7 Å². The van der Waals surface area contributed by atoms with Crippen LogP contribution in [0.25, 0.3) is 0 Å². The number of rotatable bonds is 4. The Morgan fingerprint density at radius 3 is 1.53 bits per heavy atom. The van der Waals surface area contributed by atoms with Crippen LogP contribution in [0.2, 0.25) is 0 Å². The first kappa shape index (κ1) is 14.5. The van der Waals surface area contributed by atoms with Crippen LogP contribution in [-0.4, -0.2) is 12.7 Å². The van der Waals surface area contributed by atoms with Crippen LogP contribution in [0.3, 0.4) is 0 Å². The van der Waals surface area contributed by atoms with E-state index in [4.69, 9.17) is 5.73 Å². The smallest absolute Gasteiger partial charge is 0 e. The largest absolute Gasteiger partial charge is 0.330 e. The van der Waals surface area contributed by atoms with Crippen LogP contribution in [0.5, 0.6) is 0 Å². The van der Waals surface area contributed by atoms with Gasteiger partial charge in [-0.3, -0.25) is 0 Å². The molecule has 2 aromatic rings. The predicted molar refractivity (Wildman–Crippen MR) is 73.0 cm³/mol. The van der Waals surface area contributed by atoms with Crippen molar-refractivity contribution in [1.29, 1.82) is 0 Å². The summed E-state index contributed by atoms with van der Waals surface area (Å²) in [5.74, 6) is 0. The van der Waals surface area contributed by atoms with E-state index in [1.54, 1.807) is 0 Å². The minimum Gasteiger partial charge on any atom is -0.330 e. The Morgan fingerprint density at radius 2 is 1.18 bits per heavy atom. The minimum atomic E-state index is -0.276. The summed E-state index contributed by atoms with van der Waals surface area (Å²) in [4.78, 5) is 0. The molecule has 2 N–H and O–H groups in total. The van der Waals surface area contributed by atoms with Crippen molar-refractivity contribution in [3.05, 3.63) is 60.7 Å². The maximum atomic E-state index is 5.72. The molecule has 17 heavy (non-hydrogen) atoms. The van der Waals surface area contributed by atoms with E-state index in [1.807, 2.05) is 0 Å². The van der Waals surface area contributed by atoms with Gasteiger partial charge in [0.1, 0.15) is 0 Å². The van der Waals surface area contributed by atoms with Gasteiger partial charge in [0, 0.05) is 19.5 Å². The normalized spacial score (nSPS) is 10.0. The number of hydrogen-bond acceptors (Lipinski definition) is 1. The van der Waals surface area contributed by atoms with Crippen LogP contribution >= 0.6 is 7.92 Å². The molecular formula is C14H16NPRu. The molecule has 0 aliphatic carbocycles. The van der Waals surface area contributed by atoms with Crippen LogP contribution in [-0.2, 0) is 19.5 Å². The zero-order valence-electron chi connectivity index (χ0n) is 9.57. The number of nitrogens with two attached hydrogens (primary N) is 1. The third-order valence-corrected chi connectivity index (χ3v) is 5.04. The van der Waals surface area contributed by atoms with E-state index in [2.05, 4.69) is 60.7 Å². The molecule has 0 unspecified atom stereocenters. The molecule has 2 rings (SSSR count). The van der Waals surface area contributed by atoms with Gasteiger partial charge in [0.15, 0.2) is 0 Å². The molecule has 2 aromatic carbocycles. The Balaban J connectivity index is 0.00000144. The van der Waals surface area contributed by atoms with Crippen molar-refractivity contribution < 1.29 is 19.5 Å². The number of hydrogen-bond donors (Lipinski definition) is 1. The van der Waals surface area contributed by atoms with Crippen molar-refractivity contribution in [3.63, 3.8) is 0 Å². The summed E-state index contributed by atoms with van der Waals surface area (Å²) in [5, 5.41) is 2.82. The SMILES string of the molecule is NCCP(c1ccccc1)c1ccccc1.[Ru]. The summed E-state index contributed by atoms with van der Waals surface area (Å²) < 4.78 is 0. The Bertz CT molecular complexity index is 379. The fourth-order valence-corrected chi connectivity index (χ4v) is 3.89. The third-order valence-electron chi connectivity index (χ3n) is 2.49. The van der Waals surface area contributed by atoms with Crippen LogP contribution in [0.1, 0.15) is 0 Å². The second-order valence-electron chi connectivity index (χ2n) is 3.61. The summed E-state index contributed by atoms with van der Waals surface area (Å²) in [6.45, 7) is 0.746. The van der Waals surface area contributed by atoms with Crippen LogP contribution in [0.4, 0.5) is 0 Å². The van der Waals surface area contributed by atoms with E-state index >= 15 is 0 Å². The van der Waals surface area contributed by atoms with E-state index in [0.29, 0.717) is 0 Å². The monoisotopic (exact) mass is 331 g/mol. The van der Waals surface area contributed by atoms with Gasteiger partial charge < -0.3 is 5.73 Å². The van der Waals surface area contributed by atoms with Crippen LogP contribution in [0.15, 0.2) is 60.7 Å². The Morgan fingerprint density at radius 1 is 0.765 bits per heavy atom.